The van der Waals surface area contributed by atoms with Gasteiger partial charge in [0.25, 0.3) is 0 Å². The maximum atomic E-state index is 5.05. The summed E-state index contributed by atoms with van der Waals surface area (Å²) < 4.78 is 0. The molecule has 0 aromatic carbocycles. The molecule has 2 nitrogen and oxygen atoms in total. The first-order valence-corrected chi connectivity index (χ1v) is 14.9. The maximum absolute atomic E-state index is 5.05. The first-order valence-electron chi connectivity index (χ1n) is 10.6. The predicted octanol–water partition coefficient (Wildman–Crippen LogP) is 7.64. The number of nitrogens with zero attached hydrogens (tertiary/aromatic N) is 2. The van der Waals surface area contributed by atoms with Crippen LogP contribution in [-0.2, 0) is 17.0 Å². The molecular weight excluding hydrogens is 399 g/mol. The second-order valence-electron chi connectivity index (χ2n) is 9.28. The standard InChI is InChI=1S/C21H40N2.2ClH.Ti/c1-14-10-16(3)20(17(4)11-14)22-8-7-9-23-21-18(5)12-15(2)13-19(21)6;;;/h14-21H,7-13H2,1-6H3;2*1H;/q-2;;;+2/p-2. The van der Waals surface area contributed by atoms with Crippen LogP contribution in [0.1, 0.15) is 73.6 Å². The van der Waals surface area contributed by atoms with Crippen molar-refractivity contribution in [3.8, 4) is 0 Å². The molecule has 0 radical (unpaired) electrons. The van der Waals surface area contributed by atoms with Crippen LogP contribution in [-0.4, -0.2) is 25.2 Å². The molecule has 154 valence electrons. The van der Waals surface area contributed by atoms with Gasteiger partial charge in [0, 0.05) is 0 Å². The van der Waals surface area contributed by atoms with Gasteiger partial charge in [-0.25, -0.2) is 0 Å². The van der Waals surface area contributed by atoms with Gasteiger partial charge in [-0.05, 0) is 37.5 Å². The third-order valence-electron chi connectivity index (χ3n) is 6.42. The molecule has 0 spiro atoms. The van der Waals surface area contributed by atoms with Crippen LogP contribution in [0.2, 0.25) is 0 Å². The fourth-order valence-corrected chi connectivity index (χ4v) is 5.68. The van der Waals surface area contributed by atoms with Crippen molar-refractivity contribution < 1.29 is 17.0 Å². The summed E-state index contributed by atoms with van der Waals surface area (Å²) in [5.74, 6) is 4.85. The predicted molar refractivity (Wildman–Crippen MR) is 114 cm³/mol. The van der Waals surface area contributed by atoms with Crippen LogP contribution in [0.4, 0.5) is 0 Å². The zero-order valence-corrected chi connectivity index (χ0v) is 20.8. The van der Waals surface area contributed by atoms with E-state index < -0.39 is 17.0 Å². The molecular formula is C21H40Cl2N2Ti-2. The van der Waals surface area contributed by atoms with E-state index in [9.17, 15) is 0 Å². The van der Waals surface area contributed by atoms with Crippen LogP contribution in [0.3, 0.4) is 0 Å². The van der Waals surface area contributed by atoms with Gasteiger partial charge in [0.15, 0.2) is 0 Å². The minimum atomic E-state index is -0.556. The molecule has 4 atom stereocenters. The van der Waals surface area contributed by atoms with E-state index in [0.29, 0.717) is 12.1 Å². The topological polar surface area (TPSA) is 28.2 Å². The molecule has 0 amide bonds. The Kier molecular flexibility index (Phi) is 13.1. The van der Waals surface area contributed by atoms with E-state index in [1.807, 2.05) is 0 Å². The molecule has 0 aliphatic heterocycles. The molecule has 0 aromatic heterocycles. The van der Waals surface area contributed by atoms with Crippen LogP contribution < -0.4 is 0 Å². The third-order valence-corrected chi connectivity index (χ3v) is 6.42. The Hall–Kier alpha value is 1.21. The molecule has 26 heavy (non-hydrogen) atoms. The first-order chi connectivity index (χ1) is 12.3. The summed E-state index contributed by atoms with van der Waals surface area (Å²) in [7, 11) is 9.78. The summed E-state index contributed by atoms with van der Waals surface area (Å²) in [6, 6.07) is 1.19. The van der Waals surface area contributed by atoms with Crippen molar-refractivity contribution in [2.24, 2.45) is 35.5 Å². The molecule has 2 fully saturated rings. The van der Waals surface area contributed by atoms with Gasteiger partial charge in [-0.1, -0.05) is 71.6 Å². The van der Waals surface area contributed by atoms with Crippen LogP contribution >= 0.6 is 18.6 Å². The van der Waals surface area contributed by atoms with Gasteiger partial charge in [0.2, 0.25) is 0 Å². The monoisotopic (exact) mass is 438 g/mol. The van der Waals surface area contributed by atoms with E-state index in [1.165, 1.54) is 25.7 Å². The summed E-state index contributed by atoms with van der Waals surface area (Å²) in [5, 5.41) is 10.1. The van der Waals surface area contributed by atoms with Crippen LogP contribution in [0.25, 0.3) is 10.6 Å². The Morgan fingerprint density at radius 2 is 0.923 bits per heavy atom. The Morgan fingerprint density at radius 3 is 1.19 bits per heavy atom. The average molecular weight is 439 g/mol. The third kappa shape index (κ3) is 8.70. The SMILES string of the molecule is CC1CC(C)C([N-]CCC[N-]C2C(C)CC(C)CC2C)C(C)C1.[Cl][Ti][Cl]. The second-order valence-corrected chi connectivity index (χ2v) is 11.9. The molecule has 2 aliphatic rings. The Balaban J connectivity index is 0.00000105. The zero-order chi connectivity index (χ0) is 19.7. The van der Waals surface area contributed by atoms with Crippen molar-refractivity contribution in [1.82, 2.24) is 0 Å². The van der Waals surface area contributed by atoms with Gasteiger partial charge < -0.3 is 10.6 Å². The van der Waals surface area contributed by atoms with E-state index >= 15 is 0 Å². The van der Waals surface area contributed by atoms with Crippen molar-refractivity contribution in [1.29, 1.82) is 0 Å². The van der Waals surface area contributed by atoms with Crippen molar-refractivity contribution in [2.45, 2.75) is 85.7 Å². The van der Waals surface area contributed by atoms with Crippen LogP contribution in [0.15, 0.2) is 0 Å². The molecule has 2 saturated carbocycles. The van der Waals surface area contributed by atoms with E-state index in [2.05, 4.69) is 41.5 Å². The summed E-state index contributed by atoms with van der Waals surface area (Å²) >= 11 is -0.556. The molecule has 2 rings (SSSR count). The van der Waals surface area contributed by atoms with E-state index in [4.69, 9.17) is 29.2 Å². The summed E-state index contributed by atoms with van der Waals surface area (Å²) in [4.78, 5) is 0. The Labute approximate surface area is 180 Å². The van der Waals surface area contributed by atoms with Crippen molar-refractivity contribution in [3.05, 3.63) is 10.6 Å². The van der Waals surface area contributed by atoms with Gasteiger partial charge in [0.1, 0.15) is 0 Å². The fourth-order valence-electron chi connectivity index (χ4n) is 5.68. The van der Waals surface area contributed by atoms with Gasteiger partial charge >= 0.3 is 35.6 Å². The van der Waals surface area contributed by atoms with Crippen LogP contribution in [0, 0.1) is 35.5 Å². The van der Waals surface area contributed by atoms with Crippen LogP contribution in [0.5, 0.6) is 0 Å². The number of halogens is 2. The van der Waals surface area contributed by atoms with Gasteiger partial charge in [-0.3, -0.25) is 0 Å². The average Bonchev–Trinajstić information content (AvgIpc) is 2.51. The van der Waals surface area contributed by atoms with Crippen molar-refractivity contribution >= 4 is 18.6 Å². The quantitative estimate of drug-likeness (QED) is 0.301. The first kappa shape index (κ1) is 25.3. The molecule has 5 heteroatoms. The van der Waals surface area contributed by atoms with E-state index in [0.717, 1.165) is 55.0 Å². The molecule has 0 bridgehead atoms. The van der Waals surface area contributed by atoms with Gasteiger partial charge in [0.05, 0.1) is 0 Å². The van der Waals surface area contributed by atoms with E-state index in [-0.39, 0.29) is 0 Å². The second kappa shape index (κ2) is 13.4. The molecule has 0 N–H and O–H groups in total. The Bertz CT molecular complexity index is 316. The summed E-state index contributed by atoms with van der Waals surface area (Å²) in [6.45, 7) is 16.4. The fraction of sp³-hybridized carbons (Fsp3) is 1.00. The van der Waals surface area contributed by atoms with E-state index in [1.54, 1.807) is 0 Å². The zero-order valence-electron chi connectivity index (χ0n) is 17.7. The van der Waals surface area contributed by atoms with Gasteiger partial charge in [-0.15, -0.1) is 12.1 Å². The minimum absolute atomic E-state index is 0.556. The molecule has 0 aromatic rings. The normalized spacial score (nSPS) is 40.5. The number of rotatable bonds is 6. The molecule has 0 heterocycles. The Morgan fingerprint density at radius 1 is 0.654 bits per heavy atom. The summed E-state index contributed by atoms with van der Waals surface area (Å²) in [6.07, 6.45) is 6.59. The van der Waals surface area contributed by atoms with Crippen molar-refractivity contribution in [2.75, 3.05) is 13.1 Å². The molecule has 0 saturated heterocycles. The molecule has 2 aliphatic carbocycles. The van der Waals surface area contributed by atoms with Gasteiger partial charge in [-0.2, -0.15) is 13.1 Å². The number of hydrogen-bond acceptors (Lipinski definition) is 0. The molecule has 4 unspecified atom stereocenters. The number of hydrogen-bond donors (Lipinski definition) is 0. The van der Waals surface area contributed by atoms with Crippen molar-refractivity contribution in [3.63, 3.8) is 0 Å². The summed E-state index contributed by atoms with van der Waals surface area (Å²) in [5.41, 5.74) is 0.